The van der Waals surface area contributed by atoms with Gasteiger partial charge < -0.3 is 5.73 Å². The van der Waals surface area contributed by atoms with E-state index >= 15 is 0 Å². The Morgan fingerprint density at radius 3 is 2.89 bits per heavy atom. The van der Waals surface area contributed by atoms with Crippen molar-refractivity contribution in [3.8, 4) is 11.8 Å². The van der Waals surface area contributed by atoms with Crippen molar-refractivity contribution in [2.45, 2.75) is 30.7 Å². The van der Waals surface area contributed by atoms with Crippen molar-refractivity contribution in [2.24, 2.45) is 11.7 Å². The first kappa shape index (κ1) is 14.1. The number of sulfonamides is 1. The molecule has 19 heavy (non-hydrogen) atoms. The maximum Gasteiger partial charge on any atom is 0.240 e. The first-order valence-corrected chi connectivity index (χ1v) is 7.86. The van der Waals surface area contributed by atoms with Gasteiger partial charge in [-0.15, -0.1) is 0 Å². The molecule has 2 atom stereocenters. The zero-order valence-electron chi connectivity index (χ0n) is 10.9. The van der Waals surface area contributed by atoms with E-state index in [-0.39, 0.29) is 17.5 Å². The van der Waals surface area contributed by atoms with Crippen LogP contribution in [0.5, 0.6) is 0 Å². The van der Waals surface area contributed by atoms with Crippen LogP contribution in [0.25, 0.3) is 0 Å². The second kappa shape index (κ2) is 5.74. The summed E-state index contributed by atoms with van der Waals surface area (Å²) in [5.41, 5.74) is 5.96. The minimum atomic E-state index is -3.44. The van der Waals surface area contributed by atoms with Gasteiger partial charge in [0.25, 0.3) is 0 Å². The number of hydrogen-bond acceptors (Lipinski definition) is 3. The van der Waals surface area contributed by atoms with Crippen LogP contribution >= 0.6 is 0 Å². The van der Waals surface area contributed by atoms with E-state index in [2.05, 4.69) is 23.5 Å². The fourth-order valence-corrected chi connectivity index (χ4v) is 3.37. The molecule has 5 heteroatoms. The van der Waals surface area contributed by atoms with Crippen LogP contribution in [0.3, 0.4) is 0 Å². The van der Waals surface area contributed by atoms with Gasteiger partial charge in [0.15, 0.2) is 0 Å². The largest absolute Gasteiger partial charge is 0.320 e. The van der Waals surface area contributed by atoms with E-state index in [0.717, 1.165) is 12.8 Å². The quantitative estimate of drug-likeness (QED) is 0.809. The van der Waals surface area contributed by atoms with Gasteiger partial charge in [-0.1, -0.05) is 31.3 Å². The highest BCUT2D eigenvalue weighted by molar-refractivity contribution is 7.89. The van der Waals surface area contributed by atoms with E-state index in [0.29, 0.717) is 11.5 Å². The van der Waals surface area contributed by atoms with Crippen molar-refractivity contribution in [3.63, 3.8) is 0 Å². The van der Waals surface area contributed by atoms with Crippen LogP contribution in [0.2, 0.25) is 0 Å². The highest BCUT2D eigenvalue weighted by atomic mass is 32.2. The summed E-state index contributed by atoms with van der Waals surface area (Å²) < 4.78 is 27.1. The first-order valence-electron chi connectivity index (χ1n) is 6.38. The van der Waals surface area contributed by atoms with Gasteiger partial charge in [-0.3, -0.25) is 0 Å². The summed E-state index contributed by atoms with van der Waals surface area (Å²) in [6, 6.07) is 6.72. The average Bonchev–Trinajstić information content (AvgIpc) is 3.14. The molecule has 3 N–H and O–H groups in total. The van der Waals surface area contributed by atoms with E-state index in [9.17, 15) is 8.42 Å². The molecule has 0 radical (unpaired) electrons. The van der Waals surface area contributed by atoms with Gasteiger partial charge >= 0.3 is 0 Å². The maximum absolute atomic E-state index is 12.2. The molecule has 2 rings (SSSR count). The van der Waals surface area contributed by atoms with E-state index in [1.165, 1.54) is 0 Å². The average molecular weight is 278 g/mol. The Balaban J connectivity index is 2.16. The number of nitrogens with two attached hydrogens (primary N) is 1. The minimum absolute atomic E-state index is 0.0915. The molecule has 0 heterocycles. The van der Waals surface area contributed by atoms with Crippen LogP contribution in [0.4, 0.5) is 0 Å². The van der Waals surface area contributed by atoms with Gasteiger partial charge in [0, 0.05) is 11.6 Å². The Bertz CT molecular complexity index is 614. The van der Waals surface area contributed by atoms with Crippen LogP contribution in [0, 0.1) is 17.8 Å². The van der Waals surface area contributed by atoms with Gasteiger partial charge in [-0.25, -0.2) is 13.1 Å². The standard InChI is InChI=1S/C14H18N2O2S/c1-2-12-10-14(12)16-19(17,18)13-7-3-5-11(9-13)6-4-8-15/h3,5,7,9,12,14,16H,2,8,10,15H2,1H3. The maximum atomic E-state index is 12.2. The highest BCUT2D eigenvalue weighted by Crippen LogP contribution is 2.34. The highest BCUT2D eigenvalue weighted by Gasteiger charge is 2.38. The molecular weight excluding hydrogens is 260 g/mol. The molecule has 2 unspecified atom stereocenters. The van der Waals surface area contributed by atoms with Gasteiger partial charge in [0.2, 0.25) is 10.0 Å². The predicted molar refractivity (Wildman–Crippen MR) is 74.9 cm³/mol. The lowest BCUT2D eigenvalue weighted by Gasteiger charge is -2.06. The fraction of sp³-hybridized carbons (Fsp3) is 0.429. The van der Waals surface area contributed by atoms with E-state index in [1.807, 2.05) is 0 Å². The van der Waals surface area contributed by atoms with E-state index in [4.69, 9.17) is 5.73 Å². The molecule has 0 saturated heterocycles. The topological polar surface area (TPSA) is 72.2 Å². The molecule has 1 aromatic carbocycles. The summed E-state index contributed by atoms with van der Waals surface area (Å²) in [6.07, 6.45) is 1.94. The molecule has 1 aromatic rings. The van der Waals surface area contributed by atoms with Crippen LogP contribution in [-0.2, 0) is 10.0 Å². The number of hydrogen-bond donors (Lipinski definition) is 2. The van der Waals surface area contributed by atoms with Crippen molar-refractivity contribution in [3.05, 3.63) is 29.8 Å². The normalized spacial score (nSPS) is 21.6. The molecule has 1 fully saturated rings. The second-order valence-electron chi connectivity index (χ2n) is 4.67. The lowest BCUT2D eigenvalue weighted by Crippen LogP contribution is -2.27. The van der Waals surface area contributed by atoms with Crippen LogP contribution in [-0.4, -0.2) is 21.0 Å². The molecule has 1 aliphatic carbocycles. The van der Waals surface area contributed by atoms with Crippen LogP contribution in [0.15, 0.2) is 29.2 Å². The van der Waals surface area contributed by atoms with Crippen molar-refractivity contribution in [2.75, 3.05) is 6.54 Å². The molecule has 0 aromatic heterocycles. The number of rotatable bonds is 4. The zero-order chi connectivity index (χ0) is 13.9. The third kappa shape index (κ3) is 3.57. The molecular formula is C14H18N2O2S. The first-order chi connectivity index (χ1) is 9.06. The molecule has 0 spiro atoms. The smallest absolute Gasteiger partial charge is 0.240 e. The summed E-state index contributed by atoms with van der Waals surface area (Å²) in [7, 11) is -3.44. The van der Waals surface area contributed by atoms with Crippen LogP contribution in [0.1, 0.15) is 25.3 Å². The third-order valence-electron chi connectivity index (χ3n) is 3.23. The second-order valence-corrected chi connectivity index (χ2v) is 6.38. The molecule has 0 amide bonds. The molecule has 4 nitrogen and oxygen atoms in total. The van der Waals surface area contributed by atoms with Crippen molar-refractivity contribution in [1.29, 1.82) is 0 Å². The van der Waals surface area contributed by atoms with E-state index < -0.39 is 10.0 Å². The molecule has 0 bridgehead atoms. The Hall–Kier alpha value is -1.35. The summed E-state index contributed by atoms with van der Waals surface area (Å²) in [5.74, 6) is 6.04. The lowest BCUT2D eigenvalue weighted by molar-refractivity contribution is 0.576. The SMILES string of the molecule is CCC1CC1NS(=O)(=O)c1cccc(C#CCN)c1. The fourth-order valence-electron chi connectivity index (χ4n) is 2.00. The van der Waals surface area contributed by atoms with Gasteiger partial charge in [-0.2, -0.15) is 0 Å². The van der Waals surface area contributed by atoms with Crippen molar-refractivity contribution in [1.82, 2.24) is 4.72 Å². The summed E-state index contributed by atoms with van der Waals surface area (Å²) in [4.78, 5) is 0.262. The van der Waals surface area contributed by atoms with Crippen LogP contribution < -0.4 is 10.5 Å². The van der Waals surface area contributed by atoms with Crippen molar-refractivity contribution < 1.29 is 8.42 Å². The summed E-state index contributed by atoms with van der Waals surface area (Å²) in [6.45, 7) is 2.33. The van der Waals surface area contributed by atoms with Crippen molar-refractivity contribution >= 4 is 10.0 Å². The molecule has 1 saturated carbocycles. The van der Waals surface area contributed by atoms with Gasteiger partial charge in [-0.05, 0) is 30.5 Å². The summed E-state index contributed by atoms with van der Waals surface area (Å²) >= 11 is 0. The van der Waals surface area contributed by atoms with E-state index in [1.54, 1.807) is 24.3 Å². The monoisotopic (exact) mass is 278 g/mol. The number of nitrogens with one attached hydrogen (secondary N) is 1. The minimum Gasteiger partial charge on any atom is -0.320 e. The summed E-state index contributed by atoms with van der Waals surface area (Å²) in [5, 5.41) is 0. The lowest BCUT2D eigenvalue weighted by atomic mass is 10.2. The van der Waals surface area contributed by atoms with Gasteiger partial charge in [0.1, 0.15) is 0 Å². The van der Waals surface area contributed by atoms with Gasteiger partial charge in [0.05, 0.1) is 11.4 Å². The zero-order valence-corrected chi connectivity index (χ0v) is 11.7. The molecule has 1 aliphatic rings. The molecule has 0 aliphatic heterocycles. The third-order valence-corrected chi connectivity index (χ3v) is 4.72. The number of benzene rings is 1. The Morgan fingerprint density at radius 1 is 1.47 bits per heavy atom. The Morgan fingerprint density at radius 2 is 2.26 bits per heavy atom. The Kier molecular flexibility index (Phi) is 4.25. The predicted octanol–water partition coefficient (Wildman–Crippen LogP) is 1.07. The Labute approximate surface area is 114 Å². The molecule has 102 valence electrons.